The maximum absolute atomic E-state index is 10.5. The number of carboxylic acid groups (broad SMARTS) is 2. The van der Waals surface area contributed by atoms with Crippen LogP contribution in [0.5, 0.6) is 0 Å². The van der Waals surface area contributed by atoms with Crippen molar-refractivity contribution in [3.05, 3.63) is 35.4 Å². The quantitative estimate of drug-likeness (QED) is 0.850. The van der Waals surface area contributed by atoms with Gasteiger partial charge in [0.25, 0.3) is 0 Å². The van der Waals surface area contributed by atoms with Crippen molar-refractivity contribution in [3.63, 3.8) is 0 Å². The molecule has 0 aliphatic carbocycles. The molecule has 0 atom stereocenters. The summed E-state index contributed by atoms with van der Waals surface area (Å²) in [6, 6.07) is 5.48. The standard InChI is InChI=1S/C9H18N2.C8H6O4/c1-2-4-6-8-10-11-9-7-5-3-1;9-7(10)5-3-1-2-4-6(5)8(11)12/h1-9H2;1-4H,(H,9,10)(H,11,12). The topological polar surface area (TPSA) is 99.3 Å². The fraction of sp³-hybridized carbons (Fsp3) is 0.529. The molecular weight excluding hydrogens is 296 g/mol. The lowest BCUT2D eigenvalue weighted by atomic mass is 10.1. The first-order valence-corrected chi connectivity index (χ1v) is 8.02. The molecule has 0 radical (unpaired) electrons. The van der Waals surface area contributed by atoms with Gasteiger partial charge in [0.15, 0.2) is 0 Å². The lowest BCUT2D eigenvalue weighted by molar-refractivity contribution is 0.0651. The van der Waals surface area contributed by atoms with Crippen LogP contribution in [0.1, 0.15) is 65.7 Å². The smallest absolute Gasteiger partial charge is 0.336 e. The van der Waals surface area contributed by atoms with Crippen molar-refractivity contribution in [2.24, 2.45) is 10.2 Å². The third kappa shape index (κ3) is 8.09. The van der Waals surface area contributed by atoms with E-state index in [1.54, 1.807) is 0 Å². The zero-order chi connectivity index (χ0) is 16.9. The molecule has 1 aliphatic rings. The molecule has 0 fully saturated rings. The molecule has 6 nitrogen and oxygen atoms in total. The number of hydrogen-bond acceptors (Lipinski definition) is 4. The Morgan fingerprint density at radius 2 is 1.04 bits per heavy atom. The van der Waals surface area contributed by atoms with Gasteiger partial charge in [-0.15, -0.1) is 0 Å². The van der Waals surface area contributed by atoms with Crippen LogP contribution in [0.15, 0.2) is 34.5 Å². The first kappa shape index (κ1) is 18.8. The molecule has 6 heteroatoms. The average molecular weight is 320 g/mol. The maximum atomic E-state index is 10.5. The van der Waals surface area contributed by atoms with Crippen molar-refractivity contribution in [3.8, 4) is 0 Å². The highest BCUT2D eigenvalue weighted by atomic mass is 16.4. The number of carbonyl (C=O) groups is 2. The summed E-state index contributed by atoms with van der Waals surface area (Å²) in [6.07, 6.45) is 9.39. The van der Waals surface area contributed by atoms with Crippen LogP contribution in [-0.2, 0) is 0 Å². The summed E-state index contributed by atoms with van der Waals surface area (Å²) in [5.41, 5.74) is -0.380. The molecule has 126 valence electrons. The van der Waals surface area contributed by atoms with Crippen molar-refractivity contribution in [1.82, 2.24) is 0 Å². The zero-order valence-electron chi connectivity index (χ0n) is 13.3. The Morgan fingerprint density at radius 1 is 0.696 bits per heavy atom. The fourth-order valence-corrected chi connectivity index (χ4v) is 2.25. The number of hydrogen-bond donors (Lipinski definition) is 2. The Kier molecular flexibility index (Phi) is 9.28. The Labute approximate surface area is 136 Å². The van der Waals surface area contributed by atoms with Gasteiger partial charge in [-0.05, 0) is 25.0 Å². The number of aromatic carboxylic acids is 2. The monoisotopic (exact) mass is 320 g/mol. The molecule has 0 amide bonds. The van der Waals surface area contributed by atoms with Crippen LogP contribution in [0.3, 0.4) is 0 Å². The Hall–Kier alpha value is -2.24. The predicted molar refractivity (Wildman–Crippen MR) is 87.3 cm³/mol. The third-order valence-corrected chi connectivity index (χ3v) is 3.50. The van der Waals surface area contributed by atoms with Crippen molar-refractivity contribution < 1.29 is 19.8 Å². The van der Waals surface area contributed by atoms with E-state index in [-0.39, 0.29) is 11.1 Å². The van der Waals surface area contributed by atoms with E-state index in [4.69, 9.17) is 10.2 Å². The van der Waals surface area contributed by atoms with Crippen LogP contribution >= 0.6 is 0 Å². The second kappa shape index (κ2) is 11.3. The van der Waals surface area contributed by atoms with Crippen LogP contribution in [0.2, 0.25) is 0 Å². The van der Waals surface area contributed by atoms with E-state index in [1.165, 1.54) is 69.2 Å². The van der Waals surface area contributed by atoms with Crippen molar-refractivity contribution in [2.45, 2.75) is 44.9 Å². The fourth-order valence-electron chi connectivity index (χ4n) is 2.25. The molecule has 2 rings (SSSR count). The summed E-state index contributed by atoms with van der Waals surface area (Å²) in [6.45, 7) is 1.92. The summed E-state index contributed by atoms with van der Waals surface area (Å²) < 4.78 is 0. The van der Waals surface area contributed by atoms with Gasteiger partial charge in [0.05, 0.1) is 24.2 Å². The molecule has 0 aromatic heterocycles. The van der Waals surface area contributed by atoms with E-state index in [9.17, 15) is 9.59 Å². The van der Waals surface area contributed by atoms with Gasteiger partial charge in [-0.25, -0.2) is 9.59 Å². The SMILES string of the molecule is C1CCCCN=NCCCC1.O=C(O)c1ccccc1C(=O)O. The van der Waals surface area contributed by atoms with Gasteiger partial charge in [0, 0.05) is 0 Å². The zero-order valence-corrected chi connectivity index (χ0v) is 13.3. The summed E-state index contributed by atoms with van der Waals surface area (Å²) in [5.74, 6) is -2.46. The van der Waals surface area contributed by atoms with Gasteiger partial charge in [0.1, 0.15) is 0 Å². The summed E-state index contributed by atoms with van der Waals surface area (Å²) in [7, 11) is 0. The lowest BCUT2D eigenvalue weighted by Gasteiger charge is -1.98. The van der Waals surface area contributed by atoms with E-state index >= 15 is 0 Å². The van der Waals surface area contributed by atoms with Crippen LogP contribution in [0.4, 0.5) is 0 Å². The first-order valence-electron chi connectivity index (χ1n) is 8.02. The van der Waals surface area contributed by atoms with Gasteiger partial charge < -0.3 is 10.2 Å². The number of azo groups is 1. The second-order valence-electron chi connectivity index (χ2n) is 5.36. The largest absolute Gasteiger partial charge is 0.478 e. The molecule has 0 saturated carbocycles. The molecule has 1 aromatic carbocycles. The summed E-state index contributed by atoms with van der Waals surface area (Å²) in [4.78, 5) is 20.9. The minimum Gasteiger partial charge on any atom is -0.478 e. The normalized spacial score (nSPS) is 15.7. The van der Waals surface area contributed by atoms with Gasteiger partial charge in [-0.3, -0.25) is 0 Å². The second-order valence-corrected chi connectivity index (χ2v) is 5.36. The van der Waals surface area contributed by atoms with E-state index in [0.29, 0.717) is 0 Å². The van der Waals surface area contributed by atoms with E-state index in [1.807, 2.05) is 0 Å². The van der Waals surface area contributed by atoms with E-state index in [2.05, 4.69) is 10.2 Å². The molecule has 0 bridgehead atoms. The Balaban J connectivity index is 0.000000231. The minimum absolute atomic E-state index is 0.190. The molecule has 1 aromatic rings. The van der Waals surface area contributed by atoms with E-state index < -0.39 is 11.9 Å². The van der Waals surface area contributed by atoms with Crippen LogP contribution in [0.25, 0.3) is 0 Å². The molecule has 1 heterocycles. The summed E-state index contributed by atoms with van der Waals surface area (Å²) in [5, 5.41) is 25.3. The number of carboxylic acids is 2. The van der Waals surface area contributed by atoms with E-state index in [0.717, 1.165) is 13.1 Å². The first-order chi connectivity index (χ1) is 11.1. The van der Waals surface area contributed by atoms with Gasteiger partial charge >= 0.3 is 11.9 Å². The molecule has 0 saturated heterocycles. The average Bonchev–Trinajstić information content (AvgIpc) is 2.62. The highest BCUT2D eigenvalue weighted by Gasteiger charge is 2.13. The summed E-state index contributed by atoms with van der Waals surface area (Å²) >= 11 is 0. The Morgan fingerprint density at radius 3 is 1.39 bits per heavy atom. The van der Waals surface area contributed by atoms with Gasteiger partial charge in [-0.2, -0.15) is 10.2 Å². The number of nitrogens with zero attached hydrogens (tertiary/aromatic N) is 2. The predicted octanol–water partition coefficient (Wildman–Crippen LogP) is 4.27. The molecular formula is C17H24N2O4. The maximum Gasteiger partial charge on any atom is 0.336 e. The molecule has 0 spiro atoms. The molecule has 23 heavy (non-hydrogen) atoms. The highest BCUT2D eigenvalue weighted by Crippen LogP contribution is 2.09. The minimum atomic E-state index is -1.23. The van der Waals surface area contributed by atoms with Crippen molar-refractivity contribution in [2.75, 3.05) is 13.1 Å². The number of benzene rings is 1. The highest BCUT2D eigenvalue weighted by molar-refractivity contribution is 6.01. The van der Waals surface area contributed by atoms with Gasteiger partial charge in [-0.1, -0.05) is 44.2 Å². The molecule has 1 aliphatic heterocycles. The Bertz CT molecular complexity index is 484. The van der Waals surface area contributed by atoms with Crippen molar-refractivity contribution >= 4 is 11.9 Å². The third-order valence-electron chi connectivity index (χ3n) is 3.50. The molecule has 2 N–H and O–H groups in total. The molecule has 0 unspecified atom stereocenters. The lowest BCUT2D eigenvalue weighted by Crippen LogP contribution is -2.06. The van der Waals surface area contributed by atoms with Crippen LogP contribution in [0, 0.1) is 0 Å². The number of rotatable bonds is 2. The van der Waals surface area contributed by atoms with Crippen LogP contribution in [-0.4, -0.2) is 35.2 Å². The van der Waals surface area contributed by atoms with Crippen molar-refractivity contribution in [1.29, 1.82) is 0 Å². The van der Waals surface area contributed by atoms with Crippen LogP contribution < -0.4 is 0 Å². The van der Waals surface area contributed by atoms with Gasteiger partial charge in [0.2, 0.25) is 0 Å².